The maximum atomic E-state index is 11.8. The largest absolute Gasteiger partial charge is 0.467 e. The molecule has 1 amide bonds. The van der Waals surface area contributed by atoms with Crippen LogP contribution in [0.2, 0.25) is 0 Å². The van der Waals surface area contributed by atoms with Crippen LogP contribution in [-0.4, -0.2) is 28.3 Å². The number of fused-ring (bicyclic) bond motifs is 1. The van der Waals surface area contributed by atoms with E-state index in [1.807, 2.05) is 24.3 Å². The molecule has 0 radical (unpaired) electrons. The normalized spacial score (nSPS) is 12.4. The highest BCUT2D eigenvalue weighted by atomic mass is 32.2. The average Bonchev–Trinajstić information content (AvgIpc) is 3.19. The van der Waals surface area contributed by atoms with Crippen LogP contribution in [0, 0.1) is 0 Å². The molecule has 0 aliphatic carbocycles. The van der Waals surface area contributed by atoms with Crippen molar-refractivity contribution in [1.82, 2.24) is 10.3 Å². The van der Waals surface area contributed by atoms with Gasteiger partial charge in [-0.1, -0.05) is 23.9 Å². The predicted molar refractivity (Wildman–Crippen MR) is 81.4 cm³/mol. The summed E-state index contributed by atoms with van der Waals surface area (Å²) in [5.74, 6) is 0.377. The Bertz CT molecular complexity index is 721. The Labute approximate surface area is 130 Å². The Kier molecular flexibility index (Phi) is 4.45. The number of nitrogens with one attached hydrogen (secondary N) is 1. The highest BCUT2D eigenvalue weighted by Crippen LogP contribution is 2.22. The van der Waals surface area contributed by atoms with Gasteiger partial charge in [0.1, 0.15) is 17.4 Å². The number of furan rings is 1. The van der Waals surface area contributed by atoms with Crippen molar-refractivity contribution >= 4 is 28.8 Å². The second kappa shape index (κ2) is 6.67. The van der Waals surface area contributed by atoms with E-state index in [0.29, 0.717) is 16.6 Å². The molecular weight excluding hydrogens is 304 g/mol. The van der Waals surface area contributed by atoms with Gasteiger partial charge >= 0.3 is 0 Å². The first-order valence-electron chi connectivity index (χ1n) is 6.69. The first-order chi connectivity index (χ1) is 10.7. The molecule has 2 aromatic heterocycles. The number of carbonyl (C=O) groups excluding carboxylic acids is 1. The predicted octanol–water partition coefficient (Wildman–Crippen LogP) is 2.36. The van der Waals surface area contributed by atoms with Crippen LogP contribution in [0.15, 0.2) is 56.7 Å². The van der Waals surface area contributed by atoms with Gasteiger partial charge in [0.15, 0.2) is 5.58 Å². The molecule has 1 unspecified atom stereocenters. The minimum Gasteiger partial charge on any atom is -0.467 e. The Hall–Kier alpha value is -2.25. The molecule has 2 N–H and O–H groups in total. The number of amides is 1. The van der Waals surface area contributed by atoms with Gasteiger partial charge in [0.2, 0.25) is 5.91 Å². The lowest BCUT2D eigenvalue weighted by atomic mass is 10.3. The highest BCUT2D eigenvalue weighted by Gasteiger charge is 2.13. The molecule has 0 spiro atoms. The van der Waals surface area contributed by atoms with E-state index in [0.717, 1.165) is 5.52 Å². The van der Waals surface area contributed by atoms with Crippen LogP contribution in [0.5, 0.6) is 0 Å². The van der Waals surface area contributed by atoms with Crippen LogP contribution in [0.3, 0.4) is 0 Å². The number of aromatic nitrogens is 1. The monoisotopic (exact) mass is 318 g/mol. The van der Waals surface area contributed by atoms with Crippen molar-refractivity contribution in [3.05, 3.63) is 48.4 Å². The summed E-state index contributed by atoms with van der Waals surface area (Å²) in [6, 6.07) is 10.8. The van der Waals surface area contributed by atoms with E-state index in [2.05, 4.69) is 10.3 Å². The number of hydrogen-bond donors (Lipinski definition) is 2. The van der Waals surface area contributed by atoms with Crippen molar-refractivity contribution in [2.45, 2.75) is 11.3 Å². The summed E-state index contributed by atoms with van der Waals surface area (Å²) in [6.45, 7) is 0.0977. The number of carbonyl (C=O) groups is 1. The topological polar surface area (TPSA) is 88.5 Å². The van der Waals surface area contributed by atoms with Gasteiger partial charge in [-0.2, -0.15) is 0 Å². The van der Waals surface area contributed by atoms with Crippen LogP contribution in [0.25, 0.3) is 11.1 Å². The molecular formula is C15H14N2O4S. The third-order valence-corrected chi connectivity index (χ3v) is 3.79. The average molecular weight is 318 g/mol. The van der Waals surface area contributed by atoms with Crippen LogP contribution in [0.4, 0.5) is 0 Å². The second-order valence-electron chi connectivity index (χ2n) is 4.57. The lowest BCUT2D eigenvalue weighted by Gasteiger charge is -2.08. The van der Waals surface area contributed by atoms with Crippen molar-refractivity contribution in [3.63, 3.8) is 0 Å². The quantitative estimate of drug-likeness (QED) is 0.678. The van der Waals surface area contributed by atoms with Gasteiger partial charge in [0.25, 0.3) is 5.22 Å². The van der Waals surface area contributed by atoms with E-state index in [4.69, 9.17) is 8.83 Å². The lowest BCUT2D eigenvalue weighted by Crippen LogP contribution is -2.29. The maximum absolute atomic E-state index is 11.8. The molecule has 6 nitrogen and oxygen atoms in total. The molecule has 22 heavy (non-hydrogen) atoms. The van der Waals surface area contributed by atoms with Crippen molar-refractivity contribution in [3.8, 4) is 0 Å². The summed E-state index contributed by atoms with van der Waals surface area (Å²) in [7, 11) is 0. The zero-order valence-corrected chi connectivity index (χ0v) is 12.4. The van der Waals surface area contributed by atoms with E-state index < -0.39 is 6.10 Å². The van der Waals surface area contributed by atoms with Crippen molar-refractivity contribution < 1.29 is 18.7 Å². The number of oxazole rings is 1. The molecule has 0 bridgehead atoms. The molecule has 1 aromatic carbocycles. The fourth-order valence-corrected chi connectivity index (χ4v) is 2.55. The molecule has 0 saturated heterocycles. The minimum absolute atomic E-state index is 0.0977. The van der Waals surface area contributed by atoms with Gasteiger partial charge in [0.05, 0.1) is 18.6 Å². The number of aliphatic hydroxyl groups is 1. The summed E-state index contributed by atoms with van der Waals surface area (Å²) < 4.78 is 10.6. The van der Waals surface area contributed by atoms with Crippen LogP contribution < -0.4 is 5.32 Å². The summed E-state index contributed by atoms with van der Waals surface area (Å²) in [6.07, 6.45) is 0.622. The zero-order chi connectivity index (χ0) is 15.4. The molecule has 0 aliphatic rings. The van der Waals surface area contributed by atoms with Gasteiger partial charge in [-0.3, -0.25) is 4.79 Å². The van der Waals surface area contributed by atoms with Crippen LogP contribution in [-0.2, 0) is 4.79 Å². The summed E-state index contributed by atoms with van der Waals surface area (Å²) in [5, 5.41) is 12.9. The number of hydrogen-bond acceptors (Lipinski definition) is 6. The molecule has 7 heteroatoms. The van der Waals surface area contributed by atoms with Crippen molar-refractivity contribution in [2.24, 2.45) is 0 Å². The van der Waals surface area contributed by atoms with Gasteiger partial charge < -0.3 is 19.3 Å². The Morgan fingerprint density at radius 2 is 2.18 bits per heavy atom. The van der Waals surface area contributed by atoms with E-state index >= 15 is 0 Å². The molecule has 2 heterocycles. The van der Waals surface area contributed by atoms with E-state index in [1.165, 1.54) is 18.0 Å². The van der Waals surface area contributed by atoms with Crippen LogP contribution >= 0.6 is 11.8 Å². The molecule has 0 aliphatic heterocycles. The lowest BCUT2D eigenvalue weighted by molar-refractivity contribution is -0.119. The second-order valence-corrected chi connectivity index (χ2v) is 5.50. The Morgan fingerprint density at radius 1 is 1.32 bits per heavy atom. The highest BCUT2D eigenvalue weighted by molar-refractivity contribution is 7.99. The van der Waals surface area contributed by atoms with Gasteiger partial charge in [-0.15, -0.1) is 0 Å². The molecule has 1 atom stereocenters. The SMILES string of the molecule is O=C(CSc1nc2ccccc2o1)NCC(O)c1ccco1. The number of para-hydroxylation sites is 2. The first-order valence-corrected chi connectivity index (χ1v) is 7.67. The van der Waals surface area contributed by atoms with E-state index in [9.17, 15) is 9.90 Å². The molecule has 3 aromatic rings. The third-order valence-electron chi connectivity index (χ3n) is 2.97. The van der Waals surface area contributed by atoms with E-state index in [1.54, 1.807) is 12.1 Å². The number of rotatable bonds is 6. The third kappa shape index (κ3) is 3.49. The Balaban J connectivity index is 1.48. The number of aliphatic hydroxyl groups excluding tert-OH is 1. The standard InChI is InChI=1S/C15H14N2O4S/c18-11(13-6-3-7-20-13)8-16-14(19)9-22-15-17-10-4-1-2-5-12(10)21-15/h1-7,11,18H,8-9H2,(H,16,19). The number of benzene rings is 1. The first kappa shape index (κ1) is 14.7. The molecule has 0 saturated carbocycles. The van der Waals surface area contributed by atoms with Crippen LogP contribution in [0.1, 0.15) is 11.9 Å². The van der Waals surface area contributed by atoms with E-state index in [-0.39, 0.29) is 18.2 Å². The van der Waals surface area contributed by atoms with Gasteiger partial charge in [-0.25, -0.2) is 4.98 Å². The molecule has 0 fully saturated rings. The zero-order valence-electron chi connectivity index (χ0n) is 11.6. The van der Waals surface area contributed by atoms with Gasteiger partial charge in [-0.05, 0) is 24.3 Å². The smallest absolute Gasteiger partial charge is 0.257 e. The number of nitrogens with zero attached hydrogens (tertiary/aromatic N) is 1. The molecule has 114 valence electrons. The maximum Gasteiger partial charge on any atom is 0.257 e. The summed E-state index contributed by atoms with van der Waals surface area (Å²) in [4.78, 5) is 16.0. The number of thioether (sulfide) groups is 1. The fraction of sp³-hybridized carbons (Fsp3) is 0.200. The van der Waals surface area contributed by atoms with Crippen molar-refractivity contribution in [2.75, 3.05) is 12.3 Å². The minimum atomic E-state index is -0.853. The molecule has 3 rings (SSSR count). The summed E-state index contributed by atoms with van der Waals surface area (Å²) >= 11 is 1.21. The van der Waals surface area contributed by atoms with Crippen molar-refractivity contribution in [1.29, 1.82) is 0 Å². The Morgan fingerprint density at radius 3 is 2.95 bits per heavy atom. The fourth-order valence-electron chi connectivity index (χ4n) is 1.88. The summed E-state index contributed by atoms with van der Waals surface area (Å²) in [5.41, 5.74) is 1.46. The van der Waals surface area contributed by atoms with Gasteiger partial charge in [0, 0.05) is 0 Å².